The molecule has 2 aromatic carbocycles. The van der Waals surface area contributed by atoms with Gasteiger partial charge in [-0.2, -0.15) is 0 Å². The number of hydrogen-bond acceptors (Lipinski definition) is 4. The van der Waals surface area contributed by atoms with E-state index in [1.807, 2.05) is 62.4 Å². The minimum atomic E-state index is -0.156. The first-order valence-corrected chi connectivity index (χ1v) is 8.60. The molecule has 0 saturated heterocycles. The molecule has 1 atom stereocenters. The topological polar surface area (TPSA) is 69.0 Å². The highest BCUT2D eigenvalue weighted by Gasteiger charge is 2.14. The van der Waals surface area contributed by atoms with Crippen molar-refractivity contribution in [3.63, 3.8) is 0 Å². The summed E-state index contributed by atoms with van der Waals surface area (Å²) in [5, 5.41) is 10.7. The number of carbonyl (C=O) groups excluding carboxylic acids is 1. The summed E-state index contributed by atoms with van der Waals surface area (Å²) < 4.78 is 7.53. The van der Waals surface area contributed by atoms with Gasteiger partial charge in [0, 0.05) is 0 Å². The predicted octanol–water partition coefficient (Wildman–Crippen LogP) is 3.22. The SMILES string of the molecule is CC[C@@H](NC(=O)COc1ccc(C)cc1-n1cnnc1)c1ccccc1. The van der Waals surface area contributed by atoms with Gasteiger partial charge < -0.3 is 10.1 Å². The molecule has 3 aromatic rings. The molecule has 1 heterocycles. The van der Waals surface area contributed by atoms with E-state index in [2.05, 4.69) is 15.5 Å². The highest BCUT2D eigenvalue weighted by molar-refractivity contribution is 5.78. The Balaban J connectivity index is 1.66. The third kappa shape index (κ3) is 4.27. The quantitative estimate of drug-likeness (QED) is 0.710. The Morgan fingerprint density at radius 3 is 2.58 bits per heavy atom. The maximum atomic E-state index is 12.4. The van der Waals surface area contributed by atoms with Gasteiger partial charge in [-0.05, 0) is 36.6 Å². The second-order valence-electron chi connectivity index (χ2n) is 6.07. The standard InChI is InChI=1S/C20H22N4O2/c1-3-17(16-7-5-4-6-8-16)23-20(25)12-26-19-10-9-15(2)11-18(19)24-13-21-22-14-24/h4-11,13-14,17H,3,12H2,1-2H3,(H,23,25)/t17-/m1/s1. The summed E-state index contributed by atoms with van der Waals surface area (Å²) in [6, 6.07) is 15.7. The highest BCUT2D eigenvalue weighted by Crippen LogP contribution is 2.24. The minimum Gasteiger partial charge on any atom is -0.482 e. The Labute approximate surface area is 152 Å². The Hall–Kier alpha value is -3.15. The number of amides is 1. The van der Waals surface area contributed by atoms with Crippen molar-refractivity contribution in [3.8, 4) is 11.4 Å². The average molecular weight is 350 g/mol. The lowest BCUT2D eigenvalue weighted by Crippen LogP contribution is -2.32. The smallest absolute Gasteiger partial charge is 0.258 e. The summed E-state index contributed by atoms with van der Waals surface area (Å²) in [6.07, 6.45) is 4.01. The van der Waals surface area contributed by atoms with Crippen LogP contribution < -0.4 is 10.1 Å². The van der Waals surface area contributed by atoms with Crippen molar-refractivity contribution >= 4 is 5.91 Å². The molecule has 0 unspecified atom stereocenters. The van der Waals surface area contributed by atoms with E-state index in [1.165, 1.54) is 0 Å². The van der Waals surface area contributed by atoms with Crippen LogP contribution in [0.25, 0.3) is 5.69 Å². The van der Waals surface area contributed by atoms with Gasteiger partial charge in [-0.1, -0.05) is 43.3 Å². The first-order valence-electron chi connectivity index (χ1n) is 8.60. The normalized spacial score (nSPS) is 11.8. The van der Waals surface area contributed by atoms with Crippen LogP contribution in [0.5, 0.6) is 5.75 Å². The third-order valence-electron chi connectivity index (χ3n) is 4.12. The highest BCUT2D eigenvalue weighted by atomic mass is 16.5. The van der Waals surface area contributed by atoms with E-state index in [0.29, 0.717) is 5.75 Å². The van der Waals surface area contributed by atoms with Crippen LogP contribution in [-0.2, 0) is 4.79 Å². The fourth-order valence-electron chi connectivity index (χ4n) is 2.76. The van der Waals surface area contributed by atoms with E-state index >= 15 is 0 Å². The van der Waals surface area contributed by atoms with Crippen molar-refractivity contribution in [2.45, 2.75) is 26.3 Å². The number of aryl methyl sites for hydroxylation is 1. The monoisotopic (exact) mass is 350 g/mol. The number of aromatic nitrogens is 3. The summed E-state index contributed by atoms with van der Waals surface area (Å²) in [4.78, 5) is 12.4. The largest absolute Gasteiger partial charge is 0.482 e. The molecule has 134 valence electrons. The van der Waals surface area contributed by atoms with Crippen LogP contribution in [0.1, 0.15) is 30.5 Å². The number of hydrogen-bond donors (Lipinski definition) is 1. The Kier molecular flexibility index (Phi) is 5.63. The third-order valence-corrected chi connectivity index (χ3v) is 4.12. The number of nitrogens with zero attached hydrogens (tertiary/aromatic N) is 3. The zero-order valence-electron chi connectivity index (χ0n) is 14.9. The lowest BCUT2D eigenvalue weighted by Gasteiger charge is -2.18. The van der Waals surface area contributed by atoms with Gasteiger partial charge >= 0.3 is 0 Å². The van der Waals surface area contributed by atoms with E-state index in [0.717, 1.165) is 23.2 Å². The van der Waals surface area contributed by atoms with Crippen LogP contribution >= 0.6 is 0 Å². The van der Waals surface area contributed by atoms with Crippen LogP contribution in [0.2, 0.25) is 0 Å². The molecule has 0 radical (unpaired) electrons. The lowest BCUT2D eigenvalue weighted by molar-refractivity contribution is -0.123. The molecule has 0 aliphatic heterocycles. The van der Waals surface area contributed by atoms with Crippen LogP contribution in [0, 0.1) is 6.92 Å². The van der Waals surface area contributed by atoms with Gasteiger partial charge in [0.1, 0.15) is 18.4 Å². The Morgan fingerprint density at radius 2 is 1.88 bits per heavy atom. The van der Waals surface area contributed by atoms with Crippen molar-refractivity contribution in [1.82, 2.24) is 20.1 Å². The molecule has 26 heavy (non-hydrogen) atoms. The maximum absolute atomic E-state index is 12.4. The van der Waals surface area contributed by atoms with Gasteiger partial charge in [-0.15, -0.1) is 10.2 Å². The molecule has 0 spiro atoms. The van der Waals surface area contributed by atoms with E-state index in [1.54, 1.807) is 17.2 Å². The summed E-state index contributed by atoms with van der Waals surface area (Å²) in [7, 11) is 0. The number of rotatable bonds is 7. The zero-order chi connectivity index (χ0) is 18.4. The van der Waals surface area contributed by atoms with Gasteiger partial charge in [0.15, 0.2) is 6.61 Å². The van der Waals surface area contributed by atoms with Crippen LogP contribution in [0.3, 0.4) is 0 Å². The van der Waals surface area contributed by atoms with Crippen LogP contribution in [0.4, 0.5) is 0 Å². The van der Waals surface area contributed by atoms with E-state index < -0.39 is 0 Å². The molecule has 0 bridgehead atoms. The molecular weight excluding hydrogens is 328 g/mol. The second kappa shape index (κ2) is 8.29. The van der Waals surface area contributed by atoms with Gasteiger partial charge in [-0.25, -0.2) is 0 Å². The molecule has 3 rings (SSSR count). The van der Waals surface area contributed by atoms with Crippen molar-refractivity contribution < 1.29 is 9.53 Å². The van der Waals surface area contributed by atoms with Crippen molar-refractivity contribution in [2.75, 3.05) is 6.61 Å². The molecule has 1 N–H and O–H groups in total. The Bertz CT molecular complexity index is 848. The van der Waals surface area contributed by atoms with Gasteiger partial charge in [0.2, 0.25) is 0 Å². The summed E-state index contributed by atoms with van der Waals surface area (Å²) in [6.45, 7) is 3.99. The van der Waals surface area contributed by atoms with Crippen LogP contribution in [0.15, 0.2) is 61.2 Å². The minimum absolute atomic E-state index is 0.0253. The molecule has 0 aliphatic carbocycles. The fourth-order valence-corrected chi connectivity index (χ4v) is 2.76. The number of nitrogens with one attached hydrogen (secondary N) is 1. The lowest BCUT2D eigenvalue weighted by atomic mass is 10.0. The molecule has 1 amide bonds. The number of carbonyl (C=O) groups is 1. The van der Waals surface area contributed by atoms with Crippen molar-refractivity contribution in [1.29, 1.82) is 0 Å². The number of ether oxygens (including phenoxy) is 1. The molecule has 0 aliphatic rings. The average Bonchev–Trinajstić information content (AvgIpc) is 3.20. The maximum Gasteiger partial charge on any atom is 0.258 e. The first kappa shape index (κ1) is 17.7. The predicted molar refractivity (Wildman–Crippen MR) is 99.2 cm³/mol. The van der Waals surface area contributed by atoms with Crippen molar-refractivity contribution in [3.05, 3.63) is 72.3 Å². The van der Waals surface area contributed by atoms with E-state index in [4.69, 9.17) is 4.74 Å². The molecular formula is C20H22N4O2. The fraction of sp³-hybridized carbons (Fsp3) is 0.250. The summed E-state index contributed by atoms with van der Waals surface area (Å²) >= 11 is 0. The first-order chi connectivity index (χ1) is 12.7. The van der Waals surface area contributed by atoms with Crippen LogP contribution in [-0.4, -0.2) is 27.3 Å². The molecule has 6 heteroatoms. The zero-order valence-corrected chi connectivity index (χ0v) is 14.9. The Morgan fingerprint density at radius 1 is 1.15 bits per heavy atom. The summed E-state index contributed by atoms with van der Waals surface area (Å²) in [5.41, 5.74) is 2.97. The molecule has 6 nitrogen and oxygen atoms in total. The molecule has 1 aromatic heterocycles. The number of benzene rings is 2. The second-order valence-corrected chi connectivity index (χ2v) is 6.07. The van der Waals surface area contributed by atoms with Crippen molar-refractivity contribution in [2.24, 2.45) is 0 Å². The van der Waals surface area contributed by atoms with Gasteiger partial charge in [-0.3, -0.25) is 9.36 Å². The molecule has 0 fully saturated rings. The summed E-state index contributed by atoms with van der Waals surface area (Å²) in [5.74, 6) is 0.453. The van der Waals surface area contributed by atoms with Gasteiger partial charge in [0.05, 0.1) is 11.7 Å². The van der Waals surface area contributed by atoms with Gasteiger partial charge in [0.25, 0.3) is 5.91 Å². The van der Waals surface area contributed by atoms with E-state index in [-0.39, 0.29) is 18.6 Å². The molecule has 0 saturated carbocycles. The van der Waals surface area contributed by atoms with E-state index in [9.17, 15) is 4.79 Å².